The monoisotopic (exact) mass is 354 g/mol. The van der Waals surface area contributed by atoms with E-state index in [1.807, 2.05) is 0 Å². The van der Waals surface area contributed by atoms with Crippen molar-refractivity contribution in [2.24, 2.45) is 28.5 Å². The van der Waals surface area contributed by atoms with Crippen molar-refractivity contribution in [2.45, 2.75) is 81.5 Å². The van der Waals surface area contributed by atoms with Gasteiger partial charge in [0.2, 0.25) is 0 Å². The second-order valence-electron chi connectivity index (χ2n) is 8.58. The summed E-state index contributed by atoms with van der Waals surface area (Å²) in [5.41, 5.74) is 8.97. The molecule has 4 aliphatic rings. The van der Waals surface area contributed by atoms with Gasteiger partial charge in [-0.25, -0.2) is 5.01 Å². The molecular formula is C18H31ClN4O. The van der Waals surface area contributed by atoms with Crippen LogP contribution in [0.15, 0.2) is 4.99 Å². The van der Waals surface area contributed by atoms with Crippen molar-refractivity contribution in [1.29, 1.82) is 0 Å². The quantitative estimate of drug-likeness (QED) is 0.662. The third-order valence-corrected chi connectivity index (χ3v) is 7.39. The summed E-state index contributed by atoms with van der Waals surface area (Å²) in [5.74, 6) is 1.31. The van der Waals surface area contributed by atoms with Crippen LogP contribution in [0, 0.1) is 17.8 Å². The van der Waals surface area contributed by atoms with Crippen molar-refractivity contribution in [1.82, 2.24) is 10.4 Å². The highest BCUT2D eigenvalue weighted by Crippen LogP contribution is 2.51. The first-order chi connectivity index (χ1) is 11.4. The molecule has 0 aromatic heterocycles. The van der Waals surface area contributed by atoms with Crippen LogP contribution in [0.2, 0.25) is 0 Å². The predicted molar refractivity (Wildman–Crippen MR) is 96.9 cm³/mol. The van der Waals surface area contributed by atoms with Crippen LogP contribution in [0.3, 0.4) is 0 Å². The Morgan fingerprint density at radius 1 is 1.29 bits per heavy atom. The number of aliphatic hydroxyl groups is 1. The lowest BCUT2D eigenvalue weighted by molar-refractivity contribution is -0.0747. The number of nitrogens with two attached hydrogens (primary N) is 1. The number of hydrogen-bond acceptors (Lipinski definition) is 5. The minimum Gasteiger partial charge on any atom is -0.385 e. The number of fused-ring (bicyclic) bond motifs is 2. The Kier molecular flexibility index (Phi) is 4.35. The van der Waals surface area contributed by atoms with Gasteiger partial charge in [0, 0.05) is 35.8 Å². The Morgan fingerprint density at radius 2 is 2.08 bits per heavy atom. The summed E-state index contributed by atoms with van der Waals surface area (Å²) in [6, 6.07) is 0.908. The second kappa shape index (κ2) is 6.11. The van der Waals surface area contributed by atoms with E-state index in [0.717, 1.165) is 38.6 Å². The predicted octanol–water partition coefficient (Wildman–Crippen LogP) is 1.88. The Bertz CT molecular complexity index is 527. The first-order valence-electron chi connectivity index (χ1n) is 9.65. The van der Waals surface area contributed by atoms with Gasteiger partial charge in [0.05, 0.1) is 6.04 Å². The molecule has 2 aliphatic heterocycles. The maximum atomic E-state index is 11.9. The SMILES string of the molecule is CC(C)N1NCC2CCCC(C3(O)C(N)=NC4CCC(Cl)CC43)C21. The average molecular weight is 355 g/mol. The molecule has 24 heavy (non-hydrogen) atoms. The number of hydrogen-bond donors (Lipinski definition) is 3. The van der Waals surface area contributed by atoms with E-state index in [9.17, 15) is 5.11 Å². The van der Waals surface area contributed by atoms with E-state index in [1.54, 1.807) is 0 Å². The van der Waals surface area contributed by atoms with E-state index in [2.05, 4.69) is 24.3 Å². The summed E-state index contributed by atoms with van der Waals surface area (Å²) in [6.07, 6.45) is 6.18. The van der Waals surface area contributed by atoms with Gasteiger partial charge in [0.15, 0.2) is 0 Å². The molecule has 7 atom stereocenters. The molecule has 0 bridgehead atoms. The number of alkyl halides is 1. The molecule has 5 nitrogen and oxygen atoms in total. The lowest BCUT2D eigenvalue weighted by atomic mass is 9.62. The highest BCUT2D eigenvalue weighted by Gasteiger charge is 2.60. The largest absolute Gasteiger partial charge is 0.385 e. The smallest absolute Gasteiger partial charge is 0.130 e. The standard InChI is InChI=1S/C18H31ClN4O/c1-10(2)23-16-11(9-21-23)4-3-5-13(16)18(24)14-8-12(19)6-7-15(14)22-17(18)20/h10-16,21,24H,3-9H2,1-2H3,(H2,20,22). The minimum absolute atomic E-state index is 0.0899. The first kappa shape index (κ1) is 17.1. The third kappa shape index (κ3) is 2.43. The lowest BCUT2D eigenvalue weighted by Crippen LogP contribution is -2.62. The van der Waals surface area contributed by atoms with Crippen LogP contribution in [0.25, 0.3) is 0 Å². The van der Waals surface area contributed by atoms with Crippen molar-refractivity contribution >= 4 is 17.4 Å². The number of rotatable bonds is 2. The Balaban J connectivity index is 1.68. The highest BCUT2D eigenvalue weighted by molar-refractivity contribution is 6.20. The van der Waals surface area contributed by atoms with E-state index in [-0.39, 0.29) is 23.3 Å². The molecule has 0 amide bonds. The van der Waals surface area contributed by atoms with Crippen molar-refractivity contribution in [3.63, 3.8) is 0 Å². The number of halogens is 1. The molecule has 0 aromatic carbocycles. The van der Waals surface area contributed by atoms with Gasteiger partial charge in [-0.05, 0) is 51.9 Å². The van der Waals surface area contributed by atoms with Crippen molar-refractivity contribution < 1.29 is 5.11 Å². The topological polar surface area (TPSA) is 73.9 Å². The Morgan fingerprint density at radius 3 is 2.83 bits per heavy atom. The van der Waals surface area contributed by atoms with Gasteiger partial charge >= 0.3 is 0 Å². The fraction of sp³-hybridized carbons (Fsp3) is 0.944. The van der Waals surface area contributed by atoms with Crippen LogP contribution in [0.4, 0.5) is 0 Å². The van der Waals surface area contributed by atoms with Gasteiger partial charge in [0.1, 0.15) is 11.4 Å². The number of aliphatic imine (C=N–C) groups is 1. The second-order valence-corrected chi connectivity index (χ2v) is 9.19. The first-order valence-corrected chi connectivity index (χ1v) is 10.1. The van der Waals surface area contributed by atoms with Gasteiger partial charge in [0.25, 0.3) is 0 Å². The van der Waals surface area contributed by atoms with E-state index in [1.165, 1.54) is 6.42 Å². The summed E-state index contributed by atoms with van der Waals surface area (Å²) in [5, 5.41) is 14.4. The van der Waals surface area contributed by atoms with Gasteiger partial charge in [-0.1, -0.05) is 6.42 Å². The van der Waals surface area contributed by atoms with Crippen molar-refractivity contribution in [3.05, 3.63) is 0 Å². The lowest BCUT2D eigenvalue weighted by Gasteiger charge is -2.49. The van der Waals surface area contributed by atoms with Crippen LogP contribution in [0.5, 0.6) is 0 Å². The van der Waals surface area contributed by atoms with Crippen molar-refractivity contribution in [2.75, 3.05) is 6.54 Å². The number of amidine groups is 1. The molecule has 0 spiro atoms. The molecule has 3 fully saturated rings. The highest BCUT2D eigenvalue weighted by atomic mass is 35.5. The van der Waals surface area contributed by atoms with Crippen LogP contribution < -0.4 is 11.2 Å². The Labute approximate surface area is 150 Å². The molecule has 6 heteroatoms. The maximum absolute atomic E-state index is 11.9. The van der Waals surface area contributed by atoms with Crippen LogP contribution in [-0.4, -0.2) is 51.6 Å². The zero-order valence-electron chi connectivity index (χ0n) is 14.8. The molecule has 2 heterocycles. The molecule has 7 unspecified atom stereocenters. The molecular weight excluding hydrogens is 324 g/mol. The molecule has 2 saturated carbocycles. The number of nitrogens with zero attached hydrogens (tertiary/aromatic N) is 2. The fourth-order valence-corrected chi connectivity index (χ4v) is 6.23. The molecule has 1 saturated heterocycles. The van der Waals surface area contributed by atoms with Gasteiger partial charge in [-0.15, -0.1) is 11.6 Å². The summed E-state index contributed by atoms with van der Waals surface area (Å²) in [6.45, 7) is 5.45. The number of nitrogens with one attached hydrogen (secondary N) is 1. The molecule has 4 N–H and O–H groups in total. The molecule has 0 radical (unpaired) electrons. The van der Waals surface area contributed by atoms with E-state index < -0.39 is 5.60 Å². The van der Waals surface area contributed by atoms with Gasteiger partial charge < -0.3 is 10.8 Å². The fourth-order valence-electron chi connectivity index (χ4n) is 5.92. The molecule has 2 aliphatic carbocycles. The van der Waals surface area contributed by atoms with Crippen molar-refractivity contribution in [3.8, 4) is 0 Å². The Hall–Kier alpha value is -0.360. The minimum atomic E-state index is -0.985. The zero-order chi connectivity index (χ0) is 17.1. The van der Waals surface area contributed by atoms with Gasteiger partial charge in [-0.3, -0.25) is 10.4 Å². The van der Waals surface area contributed by atoms with E-state index >= 15 is 0 Å². The van der Waals surface area contributed by atoms with Crippen LogP contribution in [0.1, 0.15) is 52.4 Å². The van der Waals surface area contributed by atoms with E-state index in [4.69, 9.17) is 22.3 Å². The molecule has 136 valence electrons. The van der Waals surface area contributed by atoms with Crippen LogP contribution >= 0.6 is 11.6 Å². The third-order valence-electron chi connectivity index (χ3n) is 6.99. The van der Waals surface area contributed by atoms with Crippen LogP contribution in [-0.2, 0) is 0 Å². The normalized spacial score (nSPS) is 49.1. The molecule has 4 rings (SSSR count). The van der Waals surface area contributed by atoms with Gasteiger partial charge in [-0.2, -0.15) is 0 Å². The summed E-state index contributed by atoms with van der Waals surface area (Å²) >= 11 is 6.46. The summed E-state index contributed by atoms with van der Waals surface area (Å²) < 4.78 is 0. The zero-order valence-corrected chi connectivity index (χ0v) is 15.5. The van der Waals surface area contributed by atoms with E-state index in [0.29, 0.717) is 23.8 Å². The maximum Gasteiger partial charge on any atom is 0.130 e. The summed E-state index contributed by atoms with van der Waals surface area (Å²) in [7, 11) is 0. The number of hydrazine groups is 1. The molecule has 0 aromatic rings. The summed E-state index contributed by atoms with van der Waals surface area (Å²) in [4.78, 5) is 4.70. The average Bonchev–Trinajstić information content (AvgIpc) is 3.09.